The van der Waals surface area contributed by atoms with Gasteiger partial charge >= 0.3 is 0 Å². The highest BCUT2D eigenvalue weighted by molar-refractivity contribution is 5.59. The number of rotatable bonds is 1. The topological polar surface area (TPSA) is 95.2 Å². The summed E-state index contributed by atoms with van der Waals surface area (Å²) in [7, 11) is 0. The molecule has 4 aliphatic carbocycles. The van der Waals surface area contributed by atoms with Crippen LogP contribution in [0, 0.1) is 79.8 Å². The molecule has 4 atom stereocenters. The minimum absolute atomic E-state index is 0.0596. The molecule has 0 saturated heterocycles. The van der Waals surface area contributed by atoms with Gasteiger partial charge in [0.25, 0.3) is 0 Å². The van der Waals surface area contributed by atoms with E-state index in [0.29, 0.717) is 0 Å². The number of nitrogens with zero attached hydrogens (tertiary/aromatic N) is 4. The van der Waals surface area contributed by atoms with Crippen LogP contribution in [-0.2, 0) is 0 Å². The summed E-state index contributed by atoms with van der Waals surface area (Å²) >= 11 is 0. The summed E-state index contributed by atoms with van der Waals surface area (Å²) in [6, 6.07) is 18.2. The molecule has 118 valence electrons. The molecule has 4 unspecified atom stereocenters. The van der Waals surface area contributed by atoms with Crippen LogP contribution >= 0.6 is 0 Å². The number of allylic oxidation sites excluding steroid dienone is 3. The Balaban J connectivity index is 1.83. The first-order valence-electron chi connectivity index (χ1n) is 8.26. The lowest BCUT2D eigenvalue weighted by Crippen LogP contribution is -2.63. The Morgan fingerprint density at radius 1 is 0.840 bits per heavy atom. The second-order valence-corrected chi connectivity index (χ2v) is 7.02. The van der Waals surface area contributed by atoms with Gasteiger partial charge in [-0.15, -0.1) is 0 Å². The largest absolute Gasteiger partial charge is 0.196 e. The predicted molar refractivity (Wildman–Crippen MR) is 89.5 cm³/mol. The Morgan fingerprint density at radius 2 is 1.40 bits per heavy atom. The van der Waals surface area contributed by atoms with Gasteiger partial charge in [-0.2, -0.15) is 21.0 Å². The van der Waals surface area contributed by atoms with E-state index in [1.165, 1.54) is 5.57 Å². The highest BCUT2D eigenvalue weighted by Crippen LogP contribution is 2.70. The van der Waals surface area contributed by atoms with Crippen LogP contribution in [0.2, 0.25) is 0 Å². The summed E-state index contributed by atoms with van der Waals surface area (Å²) in [5, 5.41) is 39.2. The molecule has 0 spiro atoms. The van der Waals surface area contributed by atoms with Crippen molar-refractivity contribution in [3.8, 4) is 24.3 Å². The minimum Gasteiger partial charge on any atom is -0.196 e. The first kappa shape index (κ1) is 15.2. The minimum atomic E-state index is -1.62. The highest BCUT2D eigenvalue weighted by Gasteiger charge is 2.73. The van der Waals surface area contributed by atoms with Gasteiger partial charge in [0, 0.05) is 11.8 Å². The fraction of sp³-hybridized carbons (Fsp3) is 0.333. The Hall–Kier alpha value is -3.34. The molecule has 0 radical (unpaired) electrons. The Morgan fingerprint density at radius 3 is 2.00 bits per heavy atom. The Labute approximate surface area is 146 Å². The average Bonchev–Trinajstić information content (AvgIpc) is 2.65. The maximum absolute atomic E-state index is 9.84. The van der Waals surface area contributed by atoms with Crippen LogP contribution in [0.3, 0.4) is 0 Å². The lowest BCUT2D eigenvalue weighted by molar-refractivity contribution is -0.0360. The third-order valence-corrected chi connectivity index (χ3v) is 6.21. The zero-order valence-electron chi connectivity index (χ0n) is 13.4. The molecule has 4 aliphatic rings. The normalized spacial score (nSPS) is 33.8. The smallest absolute Gasteiger partial charge is 0.182 e. The van der Waals surface area contributed by atoms with Gasteiger partial charge in [0.05, 0.1) is 24.3 Å². The molecule has 25 heavy (non-hydrogen) atoms. The molecule has 1 aromatic rings. The standard InChI is InChI=1S/C21H14N4/c22-10-20(11-23)17-6-7-18(21(20,12-24)13-25)19-15(9-16(17)19)8-14-4-2-1-3-5-14/h1-8,16-19H,9H2/b15-8+. The van der Waals surface area contributed by atoms with Gasteiger partial charge in [0.2, 0.25) is 0 Å². The molecule has 0 amide bonds. The van der Waals surface area contributed by atoms with Gasteiger partial charge in [-0.3, -0.25) is 0 Å². The quantitative estimate of drug-likeness (QED) is 0.738. The number of fused-ring (bicyclic) bond motifs is 1. The summed E-state index contributed by atoms with van der Waals surface area (Å²) in [6.07, 6.45) is 6.71. The zero-order chi connectivity index (χ0) is 17.7. The van der Waals surface area contributed by atoms with Gasteiger partial charge in [-0.25, -0.2) is 0 Å². The van der Waals surface area contributed by atoms with Gasteiger partial charge in [-0.1, -0.05) is 54.1 Å². The lowest BCUT2D eigenvalue weighted by atomic mass is 9.36. The van der Waals surface area contributed by atoms with Crippen molar-refractivity contribution in [1.82, 2.24) is 0 Å². The highest BCUT2D eigenvalue weighted by atomic mass is 14.7. The van der Waals surface area contributed by atoms with E-state index in [9.17, 15) is 21.0 Å². The molecular weight excluding hydrogens is 308 g/mol. The van der Waals surface area contributed by atoms with Crippen molar-refractivity contribution in [2.24, 2.45) is 34.5 Å². The summed E-state index contributed by atoms with van der Waals surface area (Å²) in [4.78, 5) is 0. The van der Waals surface area contributed by atoms with Crippen LogP contribution in [0.4, 0.5) is 0 Å². The molecular formula is C21H14N4. The van der Waals surface area contributed by atoms with Crippen molar-refractivity contribution < 1.29 is 0 Å². The summed E-state index contributed by atoms with van der Waals surface area (Å²) in [5.74, 6) is -0.575. The summed E-state index contributed by atoms with van der Waals surface area (Å²) in [6.45, 7) is 0. The van der Waals surface area contributed by atoms with Crippen LogP contribution in [0.5, 0.6) is 0 Å². The SMILES string of the molecule is N#CC1(C#N)C2C=CC(C3/C(=C/c4ccccc4)CC32)C1(C#N)C#N. The van der Waals surface area contributed by atoms with E-state index in [1.807, 2.05) is 42.5 Å². The molecule has 4 heteroatoms. The van der Waals surface area contributed by atoms with E-state index in [0.717, 1.165) is 12.0 Å². The second-order valence-electron chi connectivity index (χ2n) is 7.02. The maximum atomic E-state index is 9.84. The molecule has 0 N–H and O–H groups in total. The van der Waals surface area contributed by atoms with Crippen molar-refractivity contribution in [2.75, 3.05) is 0 Å². The molecule has 1 aromatic carbocycles. The van der Waals surface area contributed by atoms with E-state index in [1.54, 1.807) is 0 Å². The van der Waals surface area contributed by atoms with Crippen LogP contribution < -0.4 is 0 Å². The van der Waals surface area contributed by atoms with Crippen molar-refractivity contribution in [3.63, 3.8) is 0 Å². The second kappa shape index (κ2) is 5.08. The third kappa shape index (κ3) is 1.62. The molecule has 4 nitrogen and oxygen atoms in total. The van der Waals surface area contributed by atoms with Crippen LogP contribution in [-0.4, -0.2) is 0 Å². The molecule has 0 aliphatic heterocycles. The predicted octanol–water partition coefficient (Wildman–Crippen LogP) is 3.59. The van der Waals surface area contributed by atoms with Gasteiger partial charge < -0.3 is 0 Å². The number of hydrogen-bond acceptors (Lipinski definition) is 4. The van der Waals surface area contributed by atoms with Crippen molar-refractivity contribution >= 4 is 6.08 Å². The van der Waals surface area contributed by atoms with Crippen molar-refractivity contribution in [1.29, 1.82) is 21.0 Å². The molecule has 2 fully saturated rings. The fourth-order valence-corrected chi connectivity index (χ4v) is 5.02. The van der Waals surface area contributed by atoms with Gasteiger partial charge in [0.1, 0.15) is 0 Å². The summed E-state index contributed by atoms with van der Waals surface area (Å²) < 4.78 is 0. The molecule has 5 rings (SSSR count). The van der Waals surface area contributed by atoms with Gasteiger partial charge in [0.15, 0.2) is 10.8 Å². The van der Waals surface area contributed by atoms with Crippen molar-refractivity contribution in [2.45, 2.75) is 6.42 Å². The van der Waals surface area contributed by atoms with Crippen LogP contribution in [0.1, 0.15) is 12.0 Å². The van der Waals surface area contributed by atoms with E-state index in [2.05, 4.69) is 30.4 Å². The molecule has 0 aromatic heterocycles. The maximum Gasteiger partial charge on any atom is 0.182 e. The van der Waals surface area contributed by atoms with E-state index in [-0.39, 0.29) is 17.8 Å². The number of hydrogen-bond donors (Lipinski definition) is 0. The van der Waals surface area contributed by atoms with Crippen molar-refractivity contribution in [3.05, 3.63) is 53.6 Å². The molecule has 2 saturated carbocycles. The van der Waals surface area contributed by atoms with Gasteiger partial charge in [-0.05, 0) is 23.8 Å². The fourth-order valence-electron chi connectivity index (χ4n) is 5.02. The monoisotopic (exact) mass is 322 g/mol. The molecule has 2 bridgehead atoms. The van der Waals surface area contributed by atoms with E-state index < -0.39 is 16.7 Å². The average molecular weight is 322 g/mol. The third-order valence-electron chi connectivity index (χ3n) is 6.21. The zero-order valence-corrected chi connectivity index (χ0v) is 13.4. The number of nitriles is 4. The first-order valence-corrected chi connectivity index (χ1v) is 8.26. The Bertz CT molecular complexity index is 930. The lowest BCUT2D eigenvalue weighted by Gasteiger charge is -2.61. The molecule has 0 heterocycles. The summed E-state index contributed by atoms with van der Waals surface area (Å²) in [5.41, 5.74) is -0.912. The Kier molecular flexibility index (Phi) is 3.09. The number of benzene rings is 1. The van der Waals surface area contributed by atoms with E-state index in [4.69, 9.17) is 0 Å². The van der Waals surface area contributed by atoms with E-state index >= 15 is 0 Å². The first-order chi connectivity index (χ1) is 12.2. The van der Waals surface area contributed by atoms with Crippen LogP contribution in [0.15, 0.2) is 48.1 Å². The van der Waals surface area contributed by atoms with Crippen LogP contribution in [0.25, 0.3) is 6.08 Å².